The number of morpholine rings is 1. The van der Waals surface area contributed by atoms with Gasteiger partial charge in [-0.05, 0) is 12.8 Å². The molecule has 2 fully saturated rings. The van der Waals surface area contributed by atoms with Crippen molar-refractivity contribution < 1.29 is 14.3 Å². The van der Waals surface area contributed by atoms with Gasteiger partial charge in [-0.1, -0.05) is 11.3 Å². The average molecular weight is 308 g/mol. The number of ether oxygens (including phenoxy) is 1. The van der Waals surface area contributed by atoms with E-state index in [0.29, 0.717) is 30.5 Å². The van der Waals surface area contributed by atoms with Gasteiger partial charge in [0.05, 0.1) is 13.2 Å². The molecule has 3 aliphatic rings. The number of rotatable bonds is 1. The zero-order valence-electron chi connectivity index (χ0n) is 11.5. The third kappa shape index (κ3) is 2.09. The zero-order valence-corrected chi connectivity index (χ0v) is 12.3. The maximum absolute atomic E-state index is 12.6. The van der Waals surface area contributed by atoms with Crippen LogP contribution in [0.3, 0.4) is 0 Å². The molecule has 112 valence electrons. The highest BCUT2D eigenvalue weighted by atomic mass is 32.1. The van der Waals surface area contributed by atoms with Gasteiger partial charge in [0.15, 0.2) is 10.9 Å². The number of carbonyl (C=O) groups excluding carboxylic acids is 2. The van der Waals surface area contributed by atoms with Gasteiger partial charge in [0.1, 0.15) is 10.9 Å². The molecule has 0 aliphatic carbocycles. The standard InChI is InChI=1S/C13H16N4O3S/c18-11-8-2-1-3-17(8)12(19)9-10(14-11)15-13(21-9)16-4-6-20-7-5-16/h8H,1-7H2,(H,14,18). The normalized spacial score (nSPS) is 25.4. The maximum Gasteiger partial charge on any atom is 0.268 e. The van der Waals surface area contributed by atoms with E-state index in [0.717, 1.165) is 31.1 Å². The van der Waals surface area contributed by atoms with Gasteiger partial charge in [0, 0.05) is 19.6 Å². The number of anilines is 2. The summed E-state index contributed by atoms with van der Waals surface area (Å²) in [4.78, 5) is 33.6. The molecule has 2 saturated heterocycles. The Morgan fingerprint density at radius 1 is 1.24 bits per heavy atom. The van der Waals surface area contributed by atoms with Crippen molar-refractivity contribution >= 4 is 34.1 Å². The monoisotopic (exact) mass is 308 g/mol. The second-order valence-corrected chi connectivity index (χ2v) is 6.40. The fourth-order valence-electron chi connectivity index (χ4n) is 3.04. The molecule has 0 radical (unpaired) electrons. The van der Waals surface area contributed by atoms with Crippen molar-refractivity contribution in [2.45, 2.75) is 18.9 Å². The van der Waals surface area contributed by atoms with E-state index < -0.39 is 0 Å². The molecule has 0 aromatic carbocycles. The summed E-state index contributed by atoms with van der Waals surface area (Å²) >= 11 is 1.37. The van der Waals surface area contributed by atoms with Crippen molar-refractivity contribution in [1.82, 2.24) is 9.88 Å². The molecule has 1 N–H and O–H groups in total. The first-order chi connectivity index (χ1) is 10.2. The Morgan fingerprint density at radius 3 is 2.86 bits per heavy atom. The lowest BCUT2D eigenvalue weighted by Crippen LogP contribution is -2.40. The number of hydrogen-bond acceptors (Lipinski definition) is 6. The summed E-state index contributed by atoms with van der Waals surface area (Å²) in [6.45, 7) is 3.51. The van der Waals surface area contributed by atoms with Gasteiger partial charge in [0.25, 0.3) is 5.91 Å². The van der Waals surface area contributed by atoms with Gasteiger partial charge in [0.2, 0.25) is 5.91 Å². The van der Waals surface area contributed by atoms with Gasteiger partial charge in [-0.3, -0.25) is 9.59 Å². The topological polar surface area (TPSA) is 74.8 Å². The summed E-state index contributed by atoms with van der Waals surface area (Å²) in [6.07, 6.45) is 1.62. The van der Waals surface area contributed by atoms with E-state index >= 15 is 0 Å². The smallest absolute Gasteiger partial charge is 0.268 e. The SMILES string of the molecule is O=C1Nc2nc(N3CCOCC3)sc2C(=O)N2CCCC12. The number of aromatic nitrogens is 1. The summed E-state index contributed by atoms with van der Waals surface area (Å²) in [5.41, 5.74) is 0. The molecular weight excluding hydrogens is 292 g/mol. The number of thiazole rings is 1. The minimum Gasteiger partial charge on any atom is -0.378 e. The van der Waals surface area contributed by atoms with Gasteiger partial charge in [-0.25, -0.2) is 4.98 Å². The van der Waals surface area contributed by atoms with E-state index in [1.807, 2.05) is 0 Å². The maximum atomic E-state index is 12.6. The van der Waals surface area contributed by atoms with Crippen molar-refractivity contribution in [1.29, 1.82) is 0 Å². The largest absolute Gasteiger partial charge is 0.378 e. The third-order valence-electron chi connectivity index (χ3n) is 4.15. The lowest BCUT2D eigenvalue weighted by molar-refractivity contribution is -0.119. The number of carbonyl (C=O) groups is 2. The fourth-order valence-corrected chi connectivity index (χ4v) is 4.07. The molecule has 1 aromatic rings. The Balaban J connectivity index is 1.68. The van der Waals surface area contributed by atoms with E-state index in [2.05, 4.69) is 15.2 Å². The molecule has 21 heavy (non-hydrogen) atoms. The van der Waals surface area contributed by atoms with Crippen LogP contribution in [0.5, 0.6) is 0 Å². The third-order valence-corrected chi connectivity index (χ3v) is 5.25. The highest BCUT2D eigenvalue weighted by Crippen LogP contribution is 2.35. The molecule has 0 bridgehead atoms. The van der Waals surface area contributed by atoms with E-state index in [1.165, 1.54) is 11.3 Å². The van der Waals surface area contributed by atoms with Crippen molar-refractivity contribution in [3.63, 3.8) is 0 Å². The van der Waals surface area contributed by atoms with Crippen molar-refractivity contribution in [3.05, 3.63) is 4.88 Å². The Kier molecular flexibility index (Phi) is 3.07. The highest BCUT2D eigenvalue weighted by molar-refractivity contribution is 7.18. The lowest BCUT2D eigenvalue weighted by atomic mass is 10.2. The predicted octanol–water partition coefficient (Wildman–Crippen LogP) is 0.536. The summed E-state index contributed by atoms with van der Waals surface area (Å²) < 4.78 is 5.33. The van der Waals surface area contributed by atoms with Crippen LogP contribution in [0, 0.1) is 0 Å². The summed E-state index contributed by atoms with van der Waals surface area (Å²) in [5.74, 6) is 0.243. The quantitative estimate of drug-likeness (QED) is 0.819. The van der Waals surface area contributed by atoms with Gasteiger partial charge < -0.3 is 19.9 Å². The number of fused-ring (bicyclic) bond motifs is 2. The van der Waals surface area contributed by atoms with E-state index in [-0.39, 0.29) is 17.9 Å². The van der Waals surface area contributed by atoms with Crippen molar-refractivity contribution in [2.24, 2.45) is 0 Å². The van der Waals surface area contributed by atoms with E-state index in [9.17, 15) is 9.59 Å². The predicted molar refractivity (Wildman–Crippen MR) is 77.8 cm³/mol. The number of nitrogens with one attached hydrogen (secondary N) is 1. The molecule has 7 nitrogen and oxygen atoms in total. The van der Waals surface area contributed by atoms with Crippen LogP contribution < -0.4 is 10.2 Å². The minimum atomic E-state index is -0.328. The van der Waals surface area contributed by atoms with Crippen LogP contribution in [0.25, 0.3) is 0 Å². The molecule has 3 aliphatic heterocycles. The molecule has 4 rings (SSSR count). The highest BCUT2D eigenvalue weighted by Gasteiger charge is 2.40. The van der Waals surface area contributed by atoms with Crippen LogP contribution in [0.4, 0.5) is 10.9 Å². The first-order valence-electron chi connectivity index (χ1n) is 7.19. The van der Waals surface area contributed by atoms with Crippen LogP contribution in [-0.2, 0) is 9.53 Å². The van der Waals surface area contributed by atoms with E-state index in [4.69, 9.17) is 4.74 Å². The number of amides is 2. The van der Waals surface area contributed by atoms with Gasteiger partial charge >= 0.3 is 0 Å². The molecule has 2 amide bonds. The molecule has 0 spiro atoms. The molecule has 0 saturated carbocycles. The second-order valence-electron chi connectivity index (χ2n) is 5.42. The molecule has 8 heteroatoms. The Bertz CT molecular complexity index is 596. The first kappa shape index (κ1) is 13.0. The van der Waals surface area contributed by atoms with Crippen LogP contribution in [0.15, 0.2) is 0 Å². The Labute approximate surface area is 125 Å². The lowest BCUT2D eigenvalue weighted by Gasteiger charge is -2.26. The van der Waals surface area contributed by atoms with Crippen LogP contribution >= 0.6 is 11.3 Å². The molecule has 4 heterocycles. The zero-order chi connectivity index (χ0) is 14.4. The van der Waals surface area contributed by atoms with Crippen molar-refractivity contribution in [2.75, 3.05) is 43.1 Å². The van der Waals surface area contributed by atoms with Crippen LogP contribution in [0.2, 0.25) is 0 Å². The Morgan fingerprint density at radius 2 is 2.05 bits per heavy atom. The molecule has 1 aromatic heterocycles. The van der Waals surface area contributed by atoms with Crippen LogP contribution in [0.1, 0.15) is 22.5 Å². The summed E-state index contributed by atoms with van der Waals surface area (Å²) in [6, 6.07) is -0.328. The van der Waals surface area contributed by atoms with Crippen molar-refractivity contribution in [3.8, 4) is 0 Å². The van der Waals surface area contributed by atoms with Gasteiger partial charge in [-0.15, -0.1) is 0 Å². The van der Waals surface area contributed by atoms with E-state index in [1.54, 1.807) is 4.90 Å². The summed E-state index contributed by atoms with van der Waals surface area (Å²) in [7, 11) is 0. The Hall–Kier alpha value is -1.67. The molecule has 1 unspecified atom stereocenters. The molecular formula is C13H16N4O3S. The summed E-state index contributed by atoms with van der Waals surface area (Å²) in [5, 5.41) is 3.61. The molecule has 1 atom stereocenters. The average Bonchev–Trinajstić information content (AvgIpc) is 3.12. The fraction of sp³-hybridized carbons (Fsp3) is 0.615. The van der Waals surface area contributed by atoms with Gasteiger partial charge in [-0.2, -0.15) is 0 Å². The number of hydrogen-bond donors (Lipinski definition) is 1. The second kappa shape index (κ2) is 4.96. The minimum absolute atomic E-state index is 0.0668. The van der Waals surface area contributed by atoms with Crippen LogP contribution in [-0.4, -0.2) is 60.6 Å². The first-order valence-corrected chi connectivity index (χ1v) is 8.01. The number of nitrogens with zero attached hydrogens (tertiary/aromatic N) is 3.